The molecule has 1 atom stereocenters. The Hall–Kier alpha value is -1.38. The molecule has 2 nitrogen and oxygen atoms in total. The van der Waals surface area contributed by atoms with Gasteiger partial charge in [-0.1, -0.05) is 34.1 Å². The summed E-state index contributed by atoms with van der Waals surface area (Å²) >= 11 is 0. The first-order valence-electron chi connectivity index (χ1n) is 6.88. The highest BCUT2D eigenvalue weighted by Gasteiger charge is 2.24. The summed E-state index contributed by atoms with van der Waals surface area (Å²) in [6.07, 6.45) is 2.20. The largest absolute Gasteiger partial charge is 0.352 e. The van der Waals surface area contributed by atoms with E-state index in [4.69, 9.17) is 0 Å². The quantitative estimate of drug-likeness (QED) is 0.856. The molecule has 1 rings (SSSR count). The Bertz CT molecular complexity index is 406. The predicted molar refractivity (Wildman–Crippen MR) is 76.6 cm³/mol. The maximum atomic E-state index is 12.8. The average molecular weight is 265 g/mol. The number of carbonyl (C=O) groups excluding carboxylic acids is 1. The first kappa shape index (κ1) is 15.7. The summed E-state index contributed by atoms with van der Waals surface area (Å²) in [5, 5.41) is 2.95. The minimum atomic E-state index is -0.324. The van der Waals surface area contributed by atoms with Crippen LogP contribution in [0.2, 0.25) is 0 Å². The Morgan fingerprint density at radius 2 is 1.84 bits per heavy atom. The maximum absolute atomic E-state index is 12.8. The molecule has 1 amide bonds. The second-order valence-electron chi connectivity index (χ2n) is 6.07. The molecule has 0 radical (unpaired) electrons. The molecule has 19 heavy (non-hydrogen) atoms. The van der Waals surface area contributed by atoms with Crippen molar-refractivity contribution in [2.24, 2.45) is 11.3 Å². The fraction of sp³-hybridized carbons (Fsp3) is 0.562. The van der Waals surface area contributed by atoms with Gasteiger partial charge in [0.25, 0.3) is 5.91 Å². The molecule has 3 heteroatoms. The van der Waals surface area contributed by atoms with Crippen LogP contribution in [0.4, 0.5) is 4.39 Å². The number of nitrogens with one attached hydrogen (secondary N) is 1. The van der Waals surface area contributed by atoms with Gasteiger partial charge < -0.3 is 5.32 Å². The Morgan fingerprint density at radius 1 is 1.26 bits per heavy atom. The smallest absolute Gasteiger partial charge is 0.251 e. The first-order chi connectivity index (χ1) is 8.84. The van der Waals surface area contributed by atoms with Crippen LogP contribution >= 0.6 is 0 Å². The van der Waals surface area contributed by atoms with Crippen LogP contribution < -0.4 is 5.32 Å². The minimum Gasteiger partial charge on any atom is -0.352 e. The zero-order valence-electron chi connectivity index (χ0n) is 12.3. The lowest BCUT2D eigenvalue weighted by Crippen LogP contribution is -2.35. The third kappa shape index (κ3) is 5.01. The van der Waals surface area contributed by atoms with Crippen molar-refractivity contribution in [3.8, 4) is 0 Å². The molecule has 0 aliphatic heterocycles. The molecule has 0 aliphatic rings. The van der Waals surface area contributed by atoms with Crippen LogP contribution in [0.15, 0.2) is 24.3 Å². The number of rotatable bonds is 5. The maximum Gasteiger partial charge on any atom is 0.251 e. The average Bonchev–Trinajstić information content (AvgIpc) is 2.33. The van der Waals surface area contributed by atoms with Gasteiger partial charge in [-0.25, -0.2) is 4.39 Å². The second kappa shape index (κ2) is 6.69. The Kier molecular flexibility index (Phi) is 5.52. The molecule has 1 N–H and O–H groups in total. The zero-order valence-corrected chi connectivity index (χ0v) is 12.3. The number of carbonyl (C=O) groups is 1. The minimum absolute atomic E-state index is 0.134. The second-order valence-corrected chi connectivity index (χ2v) is 6.07. The molecule has 1 unspecified atom stereocenters. The Morgan fingerprint density at radius 3 is 2.32 bits per heavy atom. The number of hydrogen-bond acceptors (Lipinski definition) is 1. The Balaban J connectivity index is 2.59. The molecular formula is C16H24FNO. The van der Waals surface area contributed by atoms with Crippen LogP contribution in [0, 0.1) is 17.2 Å². The standard InChI is InChI=1S/C16H24FNO/c1-5-6-13(16(2,3)4)11-18-15(19)12-7-9-14(17)10-8-12/h7-10,13H,5-6,11H2,1-4H3,(H,18,19). The third-order valence-corrected chi connectivity index (χ3v) is 3.48. The van der Waals surface area contributed by atoms with Gasteiger partial charge >= 0.3 is 0 Å². The topological polar surface area (TPSA) is 29.1 Å². The monoisotopic (exact) mass is 265 g/mol. The van der Waals surface area contributed by atoms with Crippen LogP contribution in [0.3, 0.4) is 0 Å². The van der Waals surface area contributed by atoms with Gasteiger partial charge in [0.05, 0.1) is 0 Å². The molecule has 0 bridgehead atoms. The van der Waals surface area contributed by atoms with Crippen molar-refractivity contribution in [1.82, 2.24) is 5.32 Å². The molecule has 106 valence electrons. The fourth-order valence-corrected chi connectivity index (χ4v) is 2.11. The molecule has 0 fully saturated rings. The molecule has 0 spiro atoms. The van der Waals surface area contributed by atoms with E-state index in [0.29, 0.717) is 18.0 Å². The van der Waals surface area contributed by atoms with E-state index >= 15 is 0 Å². The van der Waals surface area contributed by atoms with E-state index in [0.717, 1.165) is 12.8 Å². The molecule has 0 aliphatic carbocycles. The zero-order chi connectivity index (χ0) is 14.5. The molecular weight excluding hydrogens is 241 g/mol. The summed E-state index contributed by atoms with van der Waals surface area (Å²) in [7, 11) is 0. The van der Waals surface area contributed by atoms with E-state index < -0.39 is 0 Å². The van der Waals surface area contributed by atoms with Crippen LogP contribution in [0.1, 0.15) is 50.9 Å². The SMILES string of the molecule is CCCC(CNC(=O)c1ccc(F)cc1)C(C)(C)C. The van der Waals surface area contributed by atoms with E-state index in [2.05, 4.69) is 33.0 Å². The van der Waals surface area contributed by atoms with Crippen LogP contribution in [-0.4, -0.2) is 12.5 Å². The van der Waals surface area contributed by atoms with Crippen molar-refractivity contribution < 1.29 is 9.18 Å². The summed E-state index contributed by atoms with van der Waals surface area (Å²) in [5.74, 6) is -0.0117. The van der Waals surface area contributed by atoms with Gasteiger partial charge in [-0.2, -0.15) is 0 Å². The van der Waals surface area contributed by atoms with Gasteiger partial charge in [-0.15, -0.1) is 0 Å². The fourth-order valence-electron chi connectivity index (χ4n) is 2.11. The summed E-state index contributed by atoms with van der Waals surface area (Å²) in [6, 6.07) is 5.64. The molecule has 0 heterocycles. The summed E-state index contributed by atoms with van der Waals surface area (Å²) in [5.41, 5.74) is 0.678. The van der Waals surface area contributed by atoms with Crippen molar-refractivity contribution >= 4 is 5.91 Å². The van der Waals surface area contributed by atoms with Crippen molar-refractivity contribution in [3.63, 3.8) is 0 Å². The number of benzene rings is 1. The highest BCUT2D eigenvalue weighted by Crippen LogP contribution is 2.29. The van der Waals surface area contributed by atoms with Gasteiger partial charge in [0, 0.05) is 12.1 Å². The van der Waals surface area contributed by atoms with Crippen molar-refractivity contribution in [3.05, 3.63) is 35.6 Å². The van der Waals surface area contributed by atoms with Gasteiger partial charge in [0.15, 0.2) is 0 Å². The number of amides is 1. The lowest BCUT2D eigenvalue weighted by atomic mass is 9.78. The van der Waals surface area contributed by atoms with Gasteiger partial charge in [0.2, 0.25) is 0 Å². The third-order valence-electron chi connectivity index (χ3n) is 3.48. The first-order valence-corrected chi connectivity index (χ1v) is 6.88. The molecule has 1 aromatic rings. The van der Waals surface area contributed by atoms with Crippen LogP contribution in [0.5, 0.6) is 0 Å². The van der Waals surface area contributed by atoms with E-state index in [1.807, 2.05) is 0 Å². The van der Waals surface area contributed by atoms with Crippen molar-refractivity contribution in [2.45, 2.75) is 40.5 Å². The van der Waals surface area contributed by atoms with Gasteiger partial charge in [-0.05, 0) is 42.0 Å². The molecule has 0 saturated carbocycles. The van der Waals surface area contributed by atoms with Crippen LogP contribution in [-0.2, 0) is 0 Å². The van der Waals surface area contributed by atoms with E-state index in [-0.39, 0.29) is 17.1 Å². The van der Waals surface area contributed by atoms with Crippen molar-refractivity contribution in [2.75, 3.05) is 6.54 Å². The highest BCUT2D eigenvalue weighted by molar-refractivity contribution is 5.94. The number of halogens is 1. The van der Waals surface area contributed by atoms with Crippen molar-refractivity contribution in [1.29, 1.82) is 0 Å². The summed E-state index contributed by atoms with van der Waals surface area (Å²) in [6.45, 7) is 9.39. The van der Waals surface area contributed by atoms with E-state index in [1.54, 1.807) is 0 Å². The van der Waals surface area contributed by atoms with Gasteiger partial charge in [-0.3, -0.25) is 4.79 Å². The Labute approximate surface area is 115 Å². The lowest BCUT2D eigenvalue weighted by Gasteiger charge is -2.30. The summed E-state index contributed by atoms with van der Waals surface area (Å²) < 4.78 is 12.8. The molecule has 0 saturated heterocycles. The van der Waals surface area contributed by atoms with E-state index in [9.17, 15) is 9.18 Å². The van der Waals surface area contributed by atoms with Gasteiger partial charge in [0.1, 0.15) is 5.82 Å². The molecule has 1 aromatic carbocycles. The molecule has 0 aromatic heterocycles. The normalized spacial score (nSPS) is 13.1. The summed E-state index contributed by atoms with van der Waals surface area (Å²) in [4.78, 5) is 12.0. The number of hydrogen-bond donors (Lipinski definition) is 1. The predicted octanol–water partition coefficient (Wildman–Crippen LogP) is 4.02. The highest BCUT2D eigenvalue weighted by atomic mass is 19.1. The van der Waals surface area contributed by atoms with E-state index in [1.165, 1.54) is 24.3 Å². The lowest BCUT2D eigenvalue weighted by molar-refractivity contribution is 0.0931. The van der Waals surface area contributed by atoms with Crippen LogP contribution in [0.25, 0.3) is 0 Å².